The number of hydrogen-bond acceptors (Lipinski definition) is 3. The molecule has 1 amide bonds. The standard InChI is InChI=1S/C19H20N4O2/c24-18(12-14-6-3-4-10-20-14)22-11-5-7-15(13-22)23-17-9-2-1-8-16(17)21-19(23)25/h1-4,6,8-10,15H,5,7,11-13H2,(H,21,25)/t15-/m0/s1. The number of fused-ring (bicyclic) bond motifs is 1. The van der Waals surface area contributed by atoms with E-state index in [2.05, 4.69) is 9.97 Å². The van der Waals surface area contributed by atoms with Crippen LogP contribution in [0.25, 0.3) is 11.0 Å². The summed E-state index contributed by atoms with van der Waals surface area (Å²) in [6.45, 7) is 1.30. The summed E-state index contributed by atoms with van der Waals surface area (Å²) in [7, 11) is 0. The lowest BCUT2D eigenvalue weighted by Crippen LogP contribution is -2.43. The highest BCUT2D eigenvalue weighted by Gasteiger charge is 2.27. The van der Waals surface area contributed by atoms with Crippen LogP contribution in [0.4, 0.5) is 0 Å². The molecule has 0 saturated carbocycles. The lowest BCUT2D eigenvalue weighted by atomic mass is 10.0. The van der Waals surface area contributed by atoms with E-state index in [1.165, 1.54) is 0 Å². The number of para-hydroxylation sites is 2. The minimum atomic E-state index is -0.106. The first-order valence-electron chi connectivity index (χ1n) is 8.59. The fraction of sp³-hybridized carbons (Fsp3) is 0.316. The molecule has 6 heteroatoms. The fourth-order valence-corrected chi connectivity index (χ4v) is 3.60. The van der Waals surface area contributed by atoms with Gasteiger partial charge in [-0.15, -0.1) is 0 Å². The molecule has 0 aliphatic carbocycles. The van der Waals surface area contributed by atoms with Gasteiger partial charge < -0.3 is 9.88 Å². The van der Waals surface area contributed by atoms with Crippen molar-refractivity contribution in [1.82, 2.24) is 19.4 Å². The molecule has 1 aliphatic heterocycles. The Kier molecular flexibility index (Phi) is 4.09. The zero-order valence-corrected chi connectivity index (χ0v) is 13.9. The third-order valence-electron chi connectivity index (χ3n) is 4.80. The molecule has 2 aromatic heterocycles. The quantitative estimate of drug-likeness (QED) is 0.796. The Morgan fingerprint density at radius 2 is 2.04 bits per heavy atom. The zero-order chi connectivity index (χ0) is 17.2. The molecule has 3 aromatic rings. The first-order valence-corrected chi connectivity index (χ1v) is 8.59. The van der Waals surface area contributed by atoms with E-state index in [-0.39, 0.29) is 17.6 Å². The molecule has 128 valence electrons. The number of aromatic nitrogens is 3. The van der Waals surface area contributed by atoms with Crippen LogP contribution in [0.2, 0.25) is 0 Å². The number of likely N-dealkylation sites (tertiary alicyclic amines) is 1. The van der Waals surface area contributed by atoms with Gasteiger partial charge in [0.2, 0.25) is 5.91 Å². The predicted molar refractivity (Wildman–Crippen MR) is 95.4 cm³/mol. The van der Waals surface area contributed by atoms with Crippen molar-refractivity contribution in [3.8, 4) is 0 Å². The number of imidazole rings is 1. The van der Waals surface area contributed by atoms with Gasteiger partial charge in [-0.25, -0.2) is 4.79 Å². The van der Waals surface area contributed by atoms with E-state index in [1.807, 2.05) is 47.4 Å². The first kappa shape index (κ1) is 15.6. The average molecular weight is 336 g/mol. The lowest BCUT2D eigenvalue weighted by molar-refractivity contribution is -0.132. The van der Waals surface area contributed by atoms with E-state index in [4.69, 9.17) is 0 Å². The van der Waals surface area contributed by atoms with E-state index >= 15 is 0 Å². The van der Waals surface area contributed by atoms with Gasteiger partial charge in [0, 0.05) is 25.0 Å². The van der Waals surface area contributed by atoms with Crippen LogP contribution < -0.4 is 5.69 Å². The third-order valence-corrected chi connectivity index (χ3v) is 4.80. The molecule has 0 bridgehead atoms. The average Bonchev–Trinajstić information content (AvgIpc) is 2.98. The maximum Gasteiger partial charge on any atom is 0.326 e. The summed E-state index contributed by atoms with van der Waals surface area (Å²) in [6.07, 6.45) is 3.79. The summed E-state index contributed by atoms with van der Waals surface area (Å²) in [5.74, 6) is 0.0660. The normalized spacial score (nSPS) is 17.8. The number of piperidine rings is 1. The van der Waals surface area contributed by atoms with Gasteiger partial charge in [-0.05, 0) is 37.1 Å². The number of amides is 1. The Morgan fingerprint density at radius 3 is 2.88 bits per heavy atom. The molecule has 3 heterocycles. The Labute approximate surface area is 145 Å². The molecule has 4 rings (SSSR count). The lowest BCUT2D eigenvalue weighted by Gasteiger charge is -2.33. The van der Waals surface area contributed by atoms with Crippen molar-refractivity contribution in [2.24, 2.45) is 0 Å². The number of carbonyl (C=O) groups is 1. The number of nitrogens with one attached hydrogen (secondary N) is 1. The van der Waals surface area contributed by atoms with Crippen LogP contribution in [-0.4, -0.2) is 38.4 Å². The van der Waals surface area contributed by atoms with Crippen molar-refractivity contribution in [2.45, 2.75) is 25.3 Å². The Morgan fingerprint density at radius 1 is 1.20 bits per heavy atom. The number of carbonyl (C=O) groups excluding carboxylic acids is 1. The van der Waals surface area contributed by atoms with E-state index < -0.39 is 0 Å². The second kappa shape index (κ2) is 6.55. The molecule has 1 saturated heterocycles. The summed E-state index contributed by atoms with van der Waals surface area (Å²) in [5.41, 5.74) is 2.41. The largest absolute Gasteiger partial charge is 0.340 e. The highest BCUT2D eigenvalue weighted by atomic mass is 16.2. The van der Waals surface area contributed by atoms with Crippen molar-refractivity contribution in [2.75, 3.05) is 13.1 Å². The Bertz CT molecular complexity index is 945. The summed E-state index contributed by atoms with van der Waals surface area (Å²) in [5, 5.41) is 0. The minimum absolute atomic E-state index is 0.00471. The third kappa shape index (κ3) is 3.07. The van der Waals surface area contributed by atoms with Crippen LogP contribution in [0.15, 0.2) is 53.5 Å². The van der Waals surface area contributed by atoms with Gasteiger partial charge in [0.25, 0.3) is 0 Å². The van der Waals surface area contributed by atoms with Crippen molar-refractivity contribution in [3.63, 3.8) is 0 Å². The van der Waals surface area contributed by atoms with Crippen LogP contribution in [-0.2, 0) is 11.2 Å². The van der Waals surface area contributed by atoms with E-state index in [0.717, 1.165) is 36.1 Å². The topological polar surface area (TPSA) is 71.0 Å². The van der Waals surface area contributed by atoms with Gasteiger partial charge in [0.1, 0.15) is 0 Å². The molecule has 25 heavy (non-hydrogen) atoms. The smallest absolute Gasteiger partial charge is 0.326 e. The molecule has 6 nitrogen and oxygen atoms in total. The van der Waals surface area contributed by atoms with Gasteiger partial charge in [0.15, 0.2) is 0 Å². The molecular weight excluding hydrogens is 316 g/mol. The van der Waals surface area contributed by atoms with Crippen LogP contribution in [0.5, 0.6) is 0 Å². The second-order valence-corrected chi connectivity index (χ2v) is 6.45. The van der Waals surface area contributed by atoms with Crippen LogP contribution >= 0.6 is 0 Å². The highest BCUT2D eigenvalue weighted by molar-refractivity contribution is 5.78. The number of aromatic amines is 1. The monoisotopic (exact) mass is 336 g/mol. The van der Waals surface area contributed by atoms with Gasteiger partial charge in [-0.1, -0.05) is 18.2 Å². The van der Waals surface area contributed by atoms with Crippen LogP contribution in [0.1, 0.15) is 24.6 Å². The molecule has 1 N–H and O–H groups in total. The van der Waals surface area contributed by atoms with Crippen molar-refractivity contribution >= 4 is 16.9 Å². The molecule has 1 aliphatic rings. The molecule has 0 radical (unpaired) electrons. The maximum absolute atomic E-state index is 12.6. The van der Waals surface area contributed by atoms with Crippen LogP contribution in [0, 0.1) is 0 Å². The molecule has 0 spiro atoms. The SMILES string of the molecule is O=C(Cc1ccccn1)N1CCC[C@H](n2c(=O)[nH]c3ccccc32)C1. The number of pyridine rings is 1. The first-order chi connectivity index (χ1) is 12.2. The summed E-state index contributed by atoms with van der Waals surface area (Å²) in [4.78, 5) is 34.0. The molecule has 0 unspecified atom stereocenters. The number of benzene rings is 1. The maximum atomic E-state index is 12.6. The molecule has 1 atom stereocenters. The number of rotatable bonds is 3. The number of hydrogen-bond donors (Lipinski definition) is 1. The fourth-order valence-electron chi connectivity index (χ4n) is 3.60. The van der Waals surface area contributed by atoms with Gasteiger partial charge in [0.05, 0.1) is 23.5 Å². The molecule has 1 aromatic carbocycles. The van der Waals surface area contributed by atoms with Gasteiger partial charge in [-0.3, -0.25) is 14.3 Å². The van der Waals surface area contributed by atoms with E-state index in [9.17, 15) is 9.59 Å². The summed E-state index contributed by atoms with van der Waals surface area (Å²) >= 11 is 0. The second-order valence-electron chi connectivity index (χ2n) is 6.45. The minimum Gasteiger partial charge on any atom is -0.340 e. The summed E-state index contributed by atoms with van der Waals surface area (Å²) < 4.78 is 1.80. The summed E-state index contributed by atoms with van der Waals surface area (Å²) in [6, 6.07) is 13.3. The Balaban J connectivity index is 1.55. The Hall–Kier alpha value is -2.89. The number of H-pyrrole nitrogens is 1. The van der Waals surface area contributed by atoms with Gasteiger partial charge in [-0.2, -0.15) is 0 Å². The van der Waals surface area contributed by atoms with Gasteiger partial charge >= 0.3 is 5.69 Å². The zero-order valence-electron chi connectivity index (χ0n) is 13.9. The van der Waals surface area contributed by atoms with Crippen molar-refractivity contribution < 1.29 is 4.79 Å². The van der Waals surface area contributed by atoms with Crippen molar-refractivity contribution in [3.05, 3.63) is 64.8 Å². The van der Waals surface area contributed by atoms with Crippen molar-refractivity contribution in [1.29, 1.82) is 0 Å². The predicted octanol–water partition coefficient (Wildman–Crippen LogP) is 2.13. The van der Waals surface area contributed by atoms with Crippen LogP contribution in [0.3, 0.4) is 0 Å². The highest BCUT2D eigenvalue weighted by Crippen LogP contribution is 2.24. The molecular formula is C19H20N4O2. The van der Waals surface area contributed by atoms with E-state index in [0.29, 0.717) is 13.0 Å². The van der Waals surface area contributed by atoms with E-state index in [1.54, 1.807) is 10.8 Å². The molecule has 1 fully saturated rings. The number of nitrogens with zero attached hydrogens (tertiary/aromatic N) is 3.